The molecule has 0 spiro atoms. The first-order valence-corrected chi connectivity index (χ1v) is 4.44. The summed E-state index contributed by atoms with van der Waals surface area (Å²) in [7, 11) is -1.87. The number of hydrogen-bond donors (Lipinski definition) is 2. The van der Waals surface area contributed by atoms with Crippen molar-refractivity contribution in [1.29, 1.82) is 0 Å². The third kappa shape index (κ3) is 1.56. The zero-order valence-corrected chi connectivity index (χ0v) is 7.92. The monoisotopic (exact) mass is 226 g/mol. The summed E-state index contributed by atoms with van der Waals surface area (Å²) in [5.74, 6) is -3.47. The summed E-state index contributed by atoms with van der Waals surface area (Å²) in [6.07, 6.45) is 0. The quantitative estimate of drug-likeness (QED) is 0.710. The van der Waals surface area contributed by atoms with Crippen molar-refractivity contribution in [3.63, 3.8) is 0 Å². The number of hydrogen-bond acceptors (Lipinski definition) is 2. The van der Waals surface area contributed by atoms with Gasteiger partial charge in [0.2, 0.25) is 0 Å². The largest absolute Gasteiger partial charge is 0.489 e. The standard InChI is InChI=1S/C10H6BF3O2/c12-7-4-2-6(11(15)16)5-1-3-8(13)10(14)9(5)7/h1-4,15-16H. The zero-order valence-electron chi connectivity index (χ0n) is 7.92. The van der Waals surface area contributed by atoms with Gasteiger partial charge in [0.25, 0.3) is 0 Å². The Kier molecular flexibility index (Phi) is 2.61. The lowest BCUT2D eigenvalue weighted by molar-refractivity contribution is 0.426. The summed E-state index contributed by atoms with van der Waals surface area (Å²) in [5.41, 5.74) is -0.0738. The van der Waals surface area contributed by atoms with E-state index in [1.54, 1.807) is 0 Å². The summed E-state index contributed by atoms with van der Waals surface area (Å²) in [5, 5.41) is 17.3. The fraction of sp³-hybridized carbons (Fsp3) is 0. The van der Waals surface area contributed by atoms with Gasteiger partial charge >= 0.3 is 7.12 Å². The maximum atomic E-state index is 13.3. The molecule has 0 fully saturated rings. The summed E-state index contributed by atoms with van der Waals surface area (Å²) < 4.78 is 39.5. The van der Waals surface area contributed by atoms with Crippen LogP contribution < -0.4 is 5.46 Å². The average Bonchev–Trinajstić information content (AvgIpc) is 2.23. The lowest BCUT2D eigenvalue weighted by Gasteiger charge is -2.07. The highest BCUT2D eigenvalue weighted by atomic mass is 19.2. The van der Waals surface area contributed by atoms with Crippen molar-refractivity contribution >= 4 is 23.4 Å². The molecule has 0 heterocycles. The molecule has 0 amide bonds. The van der Waals surface area contributed by atoms with E-state index in [0.717, 1.165) is 24.3 Å². The van der Waals surface area contributed by atoms with E-state index < -0.39 is 30.0 Å². The molecule has 0 atom stereocenters. The number of halogens is 3. The molecule has 2 nitrogen and oxygen atoms in total. The van der Waals surface area contributed by atoms with Crippen LogP contribution in [-0.2, 0) is 0 Å². The molecule has 6 heteroatoms. The lowest BCUT2D eigenvalue weighted by Crippen LogP contribution is -2.30. The molecule has 0 unspecified atom stereocenters. The van der Waals surface area contributed by atoms with Gasteiger partial charge in [-0.05, 0) is 23.0 Å². The van der Waals surface area contributed by atoms with Crippen LogP contribution in [0.1, 0.15) is 0 Å². The fourth-order valence-electron chi connectivity index (χ4n) is 1.59. The van der Waals surface area contributed by atoms with E-state index in [0.29, 0.717) is 0 Å². The van der Waals surface area contributed by atoms with Crippen molar-refractivity contribution in [2.24, 2.45) is 0 Å². The number of fused-ring (bicyclic) bond motifs is 1. The maximum Gasteiger partial charge on any atom is 0.489 e. The van der Waals surface area contributed by atoms with Gasteiger partial charge in [-0.1, -0.05) is 12.1 Å². The van der Waals surface area contributed by atoms with Crippen LogP contribution in [0.5, 0.6) is 0 Å². The van der Waals surface area contributed by atoms with E-state index in [2.05, 4.69) is 0 Å². The summed E-state index contributed by atoms with van der Waals surface area (Å²) in [6.45, 7) is 0. The first kappa shape index (κ1) is 11.0. The first-order chi connectivity index (χ1) is 7.52. The van der Waals surface area contributed by atoms with Gasteiger partial charge in [-0.2, -0.15) is 0 Å². The average molecular weight is 226 g/mol. The Hall–Kier alpha value is -1.53. The second-order valence-corrected chi connectivity index (χ2v) is 3.29. The molecule has 0 bridgehead atoms. The molecule has 0 saturated heterocycles. The van der Waals surface area contributed by atoms with Crippen molar-refractivity contribution < 1.29 is 23.2 Å². The SMILES string of the molecule is OB(O)c1ccc(F)c2c(F)c(F)ccc12. The number of benzene rings is 2. The third-order valence-electron chi connectivity index (χ3n) is 2.33. The van der Waals surface area contributed by atoms with Crippen LogP contribution in [-0.4, -0.2) is 17.2 Å². The highest BCUT2D eigenvalue weighted by Gasteiger charge is 2.19. The van der Waals surface area contributed by atoms with Crippen molar-refractivity contribution in [2.45, 2.75) is 0 Å². The molecule has 0 aliphatic rings. The van der Waals surface area contributed by atoms with Gasteiger partial charge in [0.15, 0.2) is 11.6 Å². The topological polar surface area (TPSA) is 40.5 Å². The molecule has 2 N–H and O–H groups in total. The molecule has 16 heavy (non-hydrogen) atoms. The van der Waals surface area contributed by atoms with E-state index in [1.807, 2.05) is 0 Å². The van der Waals surface area contributed by atoms with Crippen LogP contribution in [0.15, 0.2) is 24.3 Å². The van der Waals surface area contributed by atoms with Gasteiger partial charge in [-0.25, -0.2) is 13.2 Å². The highest BCUT2D eigenvalue weighted by molar-refractivity contribution is 6.61. The maximum absolute atomic E-state index is 13.3. The third-order valence-corrected chi connectivity index (χ3v) is 2.33. The van der Waals surface area contributed by atoms with Gasteiger partial charge in [0, 0.05) is 0 Å². The molecule has 0 aliphatic carbocycles. The van der Waals surface area contributed by atoms with E-state index in [1.165, 1.54) is 0 Å². The predicted molar refractivity (Wildman–Crippen MR) is 53.6 cm³/mol. The fourth-order valence-corrected chi connectivity index (χ4v) is 1.59. The van der Waals surface area contributed by atoms with Crippen LogP contribution >= 0.6 is 0 Å². The van der Waals surface area contributed by atoms with E-state index in [-0.39, 0.29) is 10.8 Å². The number of rotatable bonds is 1. The second-order valence-electron chi connectivity index (χ2n) is 3.29. The second kappa shape index (κ2) is 3.81. The molecule has 2 aromatic rings. The van der Waals surface area contributed by atoms with E-state index >= 15 is 0 Å². The van der Waals surface area contributed by atoms with Crippen molar-refractivity contribution in [3.8, 4) is 0 Å². The zero-order chi connectivity index (χ0) is 11.9. The minimum atomic E-state index is -1.87. The van der Waals surface area contributed by atoms with Crippen LogP contribution in [0.4, 0.5) is 13.2 Å². The van der Waals surface area contributed by atoms with Gasteiger partial charge in [-0.15, -0.1) is 0 Å². The molecule has 2 rings (SSSR count). The normalized spacial score (nSPS) is 10.8. The summed E-state index contributed by atoms with van der Waals surface area (Å²) in [6, 6.07) is 3.88. The smallest absolute Gasteiger partial charge is 0.423 e. The molecule has 0 radical (unpaired) electrons. The molecule has 2 aromatic carbocycles. The predicted octanol–water partition coefficient (Wildman–Crippen LogP) is 0.937. The van der Waals surface area contributed by atoms with Gasteiger partial charge in [-0.3, -0.25) is 0 Å². The van der Waals surface area contributed by atoms with Crippen LogP contribution in [0.3, 0.4) is 0 Å². The lowest BCUT2D eigenvalue weighted by atomic mass is 9.77. The molecule has 0 saturated carbocycles. The van der Waals surface area contributed by atoms with E-state index in [4.69, 9.17) is 10.0 Å². The van der Waals surface area contributed by atoms with Crippen LogP contribution in [0, 0.1) is 17.5 Å². The highest BCUT2D eigenvalue weighted by Crippen LogP contribution is 2.22. The van der Waals surface area contributed by atoms with Crippen LogP contribution in [0.25, 0.3) is 10.8 Å². The molecule has 0 aliphatic heterocycles. The summed E-state index contributed by atoms with van der Waals surface area (Å²) >= 11 is 0. The molecule has 0 aromatic heterocycles. The molecular formula is C10H6BF3O2. The Labute approximate surface area is 89.1 Å². The minimum absolute atomic E-state index is 0.0612. The van der Waals surface area contributed by atoms with E-state index in [9.17, 15) is 13.2 Å². The Morgan fingerprint density at radius 1 is 0.875 bits per heavy atom. The van der Waals surface area contributed by atoms with Crippen LogP contribution in [0.2, 0.25) is 0 Å². The Morgan fingerprint density at radius 3 is 2.12 bits per heavy atom. The van der Waals surface area contributed by atoms with Crippen molar-refractivity contribution in [1.82, 2.24) is 0 Å². The van der Waals surface area contributed by atoms with Gasteiger partial charge in [0.1, 0.15) is 5.82 Å². The Morgan fingerprint density at radius 2 is 1.50 bits per heavy atom. The van der Waals surface area contributed by atoms with Crippen molar-refractivity contribution in [2.75, 3.05) is 0 Å². The van der Waals surface area contributed by atoms with Gasteiger partial charge < -0.3 is 10.0 Å². The molecule has 82 valence electrons. The summed E-state index contributed by atoms with van der Waals surface area (Å²) in [4.78, 5) is 0. The Balaban J connectivity index is 2.92. The Bertz CT molecular complexity index is 557. The van der Waals surface area contributed by atoms with Crippen molar-refractivity contribution in [3.05, 3.63) is 41.7 Å². The molecular weight excluding hydrogens is 220 g/mol. The van der Waals surface area contributed by atoms with Gasteiger partial charge in [0.05, 0.1) is 5.39 Å². The first-order valence-electron chi connectivity index (χ1n) is 4.44. The minimum Gasteiger partial charge on any atom is -0.423 e.